The standard InChI is InChI=1S/C12H27N3O2S/c1-4-9-15(18(16,17)14-10(2)3)12-7-5-11(13)6-8-12/h10-12,14H,4-9,13H2,1-3H3. The number of hydrogen-bond acceptors (Lipinski definition) is 3. The zero-order valence-electron chi connectivity index (χ0n) is 11.7. The van der Waals surface area contributed by atoms with Crippen molar-refractivity contribution in [1.82, 2.24) is 9.03 Å². The maximum Gasteiger partial charge on any atom is 0.279 e. The van der Waals surface area contributed by atoms with Gasteiger partial charge >= 0.3 is 0 Å². The average Bonchev–Trinajstić information content (AvgIpc) is 2.25. The van der Waals surface area contributed by atoms with Gasteiger partial charge in [-0.05, 0) is 46.0 Å². The van der Waals surface area contributed by atoms with E-state index in [9.17, 15) is 8.42 Å². The predicted molar refractivity (Wildman–Crippen MR) is 74.4 cm³/mol. The smallest absolute Gasteiger partial charge is 0.279 e. The Kier molecular flexibility index (Phi) is 6.04. The topological polar surface area (TPSA) is 75.4 Å². The second-order valence-electron chi connectivity index (χ2n) is 5.46. The quantitative estimate of drug-likeness (QED) is 0.766. The van der Waals surface area contributed by atoms with E-state index in [2.05, 4.69) is 4.72 Å². The Balaban J connectivity index is 2.75. The van der Waals surface area contributed by atoms with E-state index < -0.39 is 10.2 Å². The first-order valence-electron chi connectivity index (χ1n) is 6.91. The molecule has 1 aliphatic carbocycles. The van der Waals surface area contributed by atoms with Gasteiger partial charge in [0.1, 0.15) is 0 Å². The minimum atomic E-state index is -3.36. The molecule has 0 aromatic carbocycles. The first-order valence-corrected chi connectivity index (χ1v) is 8.35. The predicted octanol–water partition coefficient (Wildman–Crippen LogP) is 1.21. The van der Waals surface area contributed by atoms with Crippen molar-refractivity contribution in [3.8, 4) is 0 Å². The summed E-state index contributed by atoms with van der Waals surface area (Å²) >= 11 is 0. The minimum Gasteiger partial charge on any atom is -0.328 e. The summed E-state index contributed by atoms with van der Waals surface area (Å²) in [5.41, 5.74) is 5.88. The highest BCUT2D eigenvalue weighted by Crippen LogP contribution is 2.24. The molecule has 0 aromatic heterocycles. The average molecular weight is 277 g/mol. The number of nitrogens with two attached hydrogens (primary N) is 1. The lowest BCUT2D eigenvalue weighted by Crippen LogP contribution is -2.50. The third-order valence-electron chi connectivity index (χ3n) is 3.29. The molecule has 1 saturated carbocycles. The molecule has 0 heterocycles. The third kappa shape index (κ3) is 4.50. The van der Waals surface area contributed by atoms with Gasteiger partial charge in [-0.3, -0.25) is 0 Å². The molecule has 3 N–H and O–H groups in total. The van der Waals surface area contributed by atoms with Crippen molar-refractivity contribution < 1.29 is 8.42 Å². The highest BCUT2D eigenvalue weighted by Gasteiger charge is 2.32. The third-order valence-corrected chi connectivity index (χ3v) is 5.15. The molecule has 0 bridgehead atoms. The molecule has 0 unspecified atom stereocenters. The van der Waals surface area contributed by atoms with E-state index in [4.69, 9.17) is 5.73 Å². The minimum absolute atomic E-state index is 0.0693. The van der Waals surface area contributed by atoms with E-state index in [1.807, 2.05) is 20.8 Å². The van der Waals surface area contributed by atoms with Crippen molar-refractivity contribution in [2.45, 2.75) is 71.0 Å². The van der Waals surface area contributed by atoms with Crippen LogP contribution in [-0.2, 0) is 10.2 Å². The highest BCUT2D eigenvalue weighted by atomic mass is 32.2. The summed E-state index contributed by atoms with van der Waals surface area (Å²) in [6.07, 6.45) is 4.42. The van der Waals surface area contributed by atoms with Crippen molar-refractivity contribution in [2.75, 3.05) is 6.54 Å². The molecular weight excluding hydrogens is 250 g/mol. The van der Waals surface area contributed by atoms with Gasteiger partial charge in [-0.1, -0.05) is 6.92 Å². The summed E-state index contributed by atoms with van der Waals surface area (Å²) in [4.78, 5) is 0. The summed E-state index contributed by atoms with van der Waals surface area (Å²) < 4.78 is 28.9. The number of rotatable bonds is 6. The van der Waals surface area contributed by atoms with E-state index in [0.29, 0.717) is 6.54 Å². The molecule has 0 aromatic rings. The van der Waals surface area contributed by atoms with Crippen LogP contribution in [0.25, 0.3) is 0 Å². The van der Waals surface area contributed by atoms with Gasteiger partial charge in [0, 0.05) is 24.7 Å². The number of hydrogen-bond donors (Lipinski definition) is 2. The lowest BCUT2D eigenvalue weighted by atomic mass is 9.92. The number of nitrogens with one attached hydrogen (secondary N) is 1. The monoisotopic (exact) mass is 277 g/mol. The summed E-state index contributed by atoms with van der Waals surface area (Å²) in [5.74, 6) is 0. The molecule has 0 atom stereocenters. The Bertz CT molecular complexity index is 335. The fourth-order valence-corrected chi connectivity index (χ4v) is 4.23. The van der Waals surface area contributed by atoms with Crippen molar-refractivity contribution in [3.63, 3.8) is 0 Å². The van der Waals surface area contributed by atoms with Gasteiger partial charge in [-0.15, -0.1) is 0 Å². The van der Waals surface area contributed by atoms with Crippen LogP contribution >= 0.6 is 0 Å². The van der Waals surface area contributed by atoms with Crippen molar-refractivity contribution in [1.29, 1.82) is 0 Å². The largest absolute Gasteiger partial charge is 0.328 e. The Hall–Kier alpha value is -0.170. The summed E-state index contributed by atoms with van der Waals surface area (Å²) in [6, 6.07) is 0.284. The van der Waals surface area contributed by atoms with Crippen LogP contribution in [0, 0.1) is 0 Å². The molecule has 5 nitrogen and oxygen atoms in total. The van der Waals surface area contributed by atoms with Gasteiger partial charge in [0.15, 0.2) is 0 Å². The molecule has 108 valence electrons. The van der Waals surface area contributed by atoms with E-state index in [0.717, 1.165) is 32.1 Å². The zero-order chi connectivity index (χ0) is 13.8. The summed E-state index contributed by atoms with van der Waals surface area (Å²) in [6.45, 7) is 6.28. The van der Waals surface area contributed by atoms with Crippen molar-refractivity contribution in [3.05, 3.63) is 0 Å². The molecule has 0 amide bonds. The molecule has 0 radical (unpaired) electrons. The Labute approximate surface area is 111 Å². The van der Waals surface area contributed by atoms with Crippen LogP contribution in [-0.4, -0.2) is 37.4 Å². The summed E-state index contributed by atoms with van der Waals surface area (Å²) in [5, 5.41) is 0. The zero-order valence-corrected chi connectivity index (χ0v) is 12.5. The Morgan fingerprint density at radius 3 is 2.28 bits per heavy atom. The highest BCUT2D eigenvalue weighted by molar-refractivity contribution is 7.87. The lowest BCUT2D eigenvalue weighted by Gasteiger charge is -2.35. The molecule has 0 aliphatic heterocycles. The molecule has 1 rings (SSSR count). The number of nitrogens with zero attached hydrogens (tertiary/aromatic N) is 1. The molecule has 1 aliphatic rings. The van der Waals surface area contributed by atoms with Crippen LogP contribution in [0.15, 0.2) is 0 Å². The molecule has 0 spiro atoms. The van der Waals surface area contributed by atoms with Gasteiger partial charge in [0.25, 0.3) is 10.2 Å². The van der Waals surface area contributed by atoms with Gasteiger partial charge in [-0.25, -0.2) is 0 Å². The van der Waals surface area contributed by atoms with Crippen molar-refractivity contribution in [2.24, 2.45) is 5.73 Å². The maximum absolute atomic E-state index is 12.3. The van der Waals surface area contributed by atoms with E-state index in [1.165, 1.54) is 0 Å². The van der Waals surface area contributed by atoms with Gasteiger partial charge in [-0.2, -0.15) is 17.4 Å². The van der Waals surface area contributed by atoms with Crippen LogP contribution in [0.5, 0.6) is 0 Å². The first kappa shape index (κ1) is 15.9. The van der Waals surface area contributed by atoms with Gasteiger partial charge in [0.05, 0.1) is 0 Å². The van der Waals surface area contributed by atoms with Gasteiger partial charge in [0.2, 0.25) is 0 Å². The van der Waals surface area contributed by atoms with Crippen molar-refractivity contribution >= 4 is 10.2 Å². The van der Waals surface area contributed by atoms with E-state index >= 15 is 0 Å². The molecule has 18 heavy (non-hydrogen) atoms. The summed E-state index contributed by atoms with van der Waals surface area (Å²) in [7, 11) is -3.36. The molecule has 0 saturated heterocycles. The van der Waals surface area contributed by atoms with Crippen LogP contribution in [0.4, 0.5) is 0 Å². The Morgan fingerprint density at radius 1 is 1.28 bits per heavy atom. The maximum atomic E-state index is 12.3. The first-order chi connectivity index (χ1) is 8.36. The fourth-order valence-electron chi connectivity index (χ4n) is 2.47. The SMILES string of the molecule is CCCN(C1CCC(N)CC1)S(=O)(=O)NC(C)C. The van der Waals surface area contributed by atoms with E-state index in [-0.39, 0.29) is 18.1 Å². The molecule has 6 heteroatoms. The second kappa shape index (κ2) is 6.84. The van der Waals surface area contributed by atoms with Crippen LogP contribution in [0.2, 0.25) is 0 Å². The van der Waals surface area contributed by atoms with Crippen LogP contribution < -0.4 is 10.5 Å². The Morgan fingerprint density at radius 2 is 1.83 bits per heavy atom. The normalized spacial score (nSPS) is 25.9. The molecular formula is C12H27N3O2S. The molecule has 1 fully saturated rings. The van der Waals surface area contributed by atoms with Crippen LogP contribution in [0.1, 0.15) is 52.9 Å². The van der Waals surface area contributed by atoms with Crippen LogP contribution in [0.3, 0.4) is 0 Å². The van der Waals surface area contributed by atoms with Gasteiger partial charge < -0.3 is 5.73 Å². The van der Waals surface area contributed by atoms with E-state index in [1.54, 1.807) is 4.31 Å². The lowest BCUT2D eigenvalue weighted by molar-refractivity contribution is 0.237. The fraction of sp³-hybridized carbons (Fsp3) is 1.00. The second-order valence-corrected chi connectivity index (χ2v) is 7.11.